The summed E-state index contributed by atoms with van der Waals surface area (Å²) in [6, 6.07) is 4.08. The van der Waals surface area contributed by atoms with E-state index in [0.29, 0.717) is 18.5 Å². The monoisotopic (exact) mass is 248 g/mol. The first-order chi connectivity index (χ1) is 7.16. The predicted octanol–water partition coefficient (Wildman–Crippen LogP) is 2.08. The molecule has 1 rings (SSSR count). The summed E-state index contributed by atoms with van der Waals surface area (Å²) in [5.74, 6) is -0.959. The number of unbranched alkanes of at least 4 members (excludes halogenated alkanes) is 1. The molecule has 16 heavy (non-hydrogen) atoms. The van der Waals surface area contributed by atoms with Gasteiger partial charge in [-0.3, -0.25) is 0 Å². The SMILES string of the molecule is Cl.NCCCC[C@H](N)c1cccc(F)c1O. The Labute approximate surface area is 101 Å². The highest BCUT2D eigenvalue weighted by molar-refractivity contribution is 5.85. The van der Waals surface area contributed by atoms with Crippen LogP contribution in [0.5, 0.6) is 5.75 Å². The number of aromatic hydroxyl groups is 1. The molecular weight excluding hydrogens is 231 g/mol. The third-order valence-corrected chi connectivity index (χ3v) is 2.39. The van der Waals surface area contributed by atoms with Crippen molar-refractivity contribution >= 4 is 12.4 Å². The molecule has 1 atom stereocenters. The van der Waals surface area contributed by atoms with Crippen LogP contribution in [-0.4, -0.2) is 11.7 Å². The van der Waals surface area contributed by atoms with Gasteiger partial charge in [0.05, 0.1) is 0 Å². The Balaban J connectivity index is 0.00000225. The summed E-state index contributed by atoms with van der Waals surface area (Å²) in [7, 11) is 0. The van der Waals surface area contributed by atoms with E-state index < -0.39 is 5.82 Å². The van der Waals surface area contributed by atoms with Gasteiger partial charge in [-0.1, -0.05) is 18.6 Å². The fourth-order valence-corrected chi connectivity index (χ4v) is 1.50. The van der Waals surface area contributed by atoms with Crippen LogP contribution in [-0.2, 0) is 0 Å². The molecule has 0 heterocycles. The Morgan fingerprint density at radius 2 is 2.00 bits per heavy atom. The third-order valence-electron chi connectivity index (χ3n) is 2.39. The first kappa shape index (κ1) is 15.2. The van der Waals surface area contributed by atoms with Crippen molar-refractivity contribution < 1.29 is 9.50 Å². The van der Waals surface area contributed by atoms with Gasteiger partial charge in [-0.05, 0) is 25.5 Å². The van der Waals surface area contributed by atoms with Gasteiger partial charge < -0.3 is 16.6 Å². The second kappa shape index (κ2) is 7.44. The average Bonchev–Trinajstić information content (AvgIpc) is 2.22. The smallest absolute Gasteiger partial charge is 0.165 e. The first-order valence-corrected chi connectivity index (χ1v) is 5.10. The minimum absolute atomic E-state index is 0. The summed E-state index contributed by atoms with van der Waals surface area (Å²) in [5.41, 5.74) is 11.7. The van der Waals surface area contributed by atoms with Crippen LogP contribution < -0.4 is 11.5 Å². The number of phenolic OH excluding ortho intramolecular Hbond substituents is 1. The molecule has 0 aliphatic carbocycles. The quantitative estimate of drug-likeness (QED) is 0.699. The third kappa shape index (κ3) is 3.96. The summed E-state index contributed by atoms with van der Waals surface area (Å²) >= 11 is 0. The lowest BCUT2D eigenvalue weighted by Gasteiger charge is -2.13. The summed E-state index contributed by atoms with van der Waals surface area (Å²) in [5, 5.41) is 9.44. The van der Waals surface area contributed by atoms with Crippen LogP contribution in [0.2, 0.25) is 0 Å². The van der Waals surface area contributed by atoms with Gasteiger partial charge in [-0.2, -0.15) is 0 Å². The molecule has 0 amide bonds. The van der Waals surface area contributed by atoms with Crippen LogP contribution in [0.25, 0.3) is 0 Å². The van der Waals surface area contributed by atoms with E-state index in [1.807, 2.05) is 0 Å². The van der Waals surface area contributed by atoms with Crippen molar-refractivity contribution in [3.8, 4) is 5.75 Å². The van der Waals surface area contributed by atoms with Crippen LogP contribution >= 0.6 is 12.4 Å². The molecule has 0 radical (unpaired) electrons. The number of halogens is 2. The second-order valence-corrected chi connectivity index (χ2v) is 3.57. The summed E-state index contributed by atoms with van der Waals surface area (Å²) in [4.78, 5) is 0. The summed E-state index contributed by atoms with van der Waals surface area (Å²) in [6.07, 6.45) is 2.48. The van der Waals surface area contributed by atoms with Crippen molar-refractivity contribution in [2.75, 3.05) is 6.54 Å². The van der Waals surface area contributed by atoms with Crippen LogP contribution in [0.3, 0.4) is 0 Å². The fraction of sp³-hybridized carbons (Fsp3) is 0.455. The molecule has 92 valence electrons. The van der Waals surface area contributed by atoms with Crippen molar-refractivity contribution in [2.24, 2.45) is 11.5 Å². The number of hydrogen-bond donors (Lipinski definition) is 3. The molecule has 0 aliphatic rings. The molecule has 0 aliphatic heterocycles. The van der Waals surface area contributed by atoms with E-state index in [0.717, 1.165) is 12.8 Å². The molecule has 0 bridgehead atoms. The van der Waals surface area contributed by atoms with Gasteiger partial charge in [0.25, 0.3) is 0 Å². The number of hydrogen-bond acceptors (Lipinski definition) is 3. The van der Waals surface area contributed by atoms with Crippen molar-refractivity contribution in [3.63, 3.8) is 0 Å². The molecule has 5 N–H and O–H groups in total. The average molecular weight is 249 g/mol. The highest BCUT2D eigenvalue weighted by atomic mass is 35.5. The highest BCUT2D eigenvalue weighted by Gasteiger charge is 2.13. The van der Waals surface area contributed by atoms with E-state index in [-0.39, 0.29) is 24.2 Å². The van der Waals surface area contributed by atoms with Gasteiger partial charge >= 0.3 is 0 Å². The molecule has 0 unspecified atom stereocenters. The van der Waals surface area contributed by atoms with Crippen molar-refractivity contribution in [3.05, 3.63) is 29.6 Å². The Hall–Kier alpha value is -0.840. The zero-order valence-electron chi connectivity index (χ0n) is 9.03. The van der Waals surface area contributed by atoms with E-state index in [9.17, 15) is 9.50 Å². The van der Waals surface area contributed by atoms with Crippen molar-refractivity contribution in [1.29, 1.82) is 0 Å². The van der Waals surface area contributed by atoms with Crippen LogP contribution in [0.1, 0.15) is 30.9 Å². The Morgan fingerprint density at radius 1 is 1.31 bits per heavy atom. The first-order valence-electron chi connectivity index (χ1n) is 5.10. The van der Waals surface area contributed by atoms with Gasteiger partial charge in [0.1, 0.15) is 0 Å². The Morgan fingerprint density at radius 3 is 2.62 bits per heavy atom. The van der Waals surface area contributed by atoms with Gasteiger partial charge in [0.15, 0.2) is 11.6 Å². The molecule has 3 nitrogen and oxygen atoms in total. The lowest BCUT2D eigenvalue weighted by atomic mass is 10.0. The minimum Gasteiger partial charge on any atom is -0.505 e. The van der Waals surface area contributed by atoms with E-state index >= 15 is 0 Å². The molecule has 5 heteroatoms. The summed E-state index contributed by atoms with van der Waals surface area (Å²) < 4.78 is 13.0. The lowest BCUT2D eigenvalue weighted by Crippen LogP contribution is -2.11. The van der Waals surface area contributed by atoms with Crippen LogP contribution in [0, 0.1) is 5.82 Å². The van der Waals surface area contributed by atoms with E-state index in [2.05, 4.69) is 0 Å². The minimum atomic E-state index is -0.623. The molecule has 0 fully saturated rings. The highest BCUT2D eigenvalue weighted by Crippen LogP contribution is 2.27. The summed E-state index contributed by atoms with van der Waals surface area (Å²) in [6.45, 7) is 0.627. The van der Waals surface area contributed by atoms with Gasteiger partial charge in [-0.15, -0.1) is 12.4 Å². The van der Waals surface area contributed by atoms with E-state index in [4.69, 9.17) is 11.5 Å². The van der Waals surface area contributed by atoms with E-state index in [1.165, 1.54) is 6.07 Å². The number of phenols is 1. The number of nitrogens with two attached hydrogens (primary N) is 2. The van der Waals surface area contributed by atoms with Crippen molar-refractivity contribution in [1.82, 2.24) is 0 Å². The molecule has 0 saturated heterocycles. The van der Waals surface area contributed by atoms with E-state index in [1.54, 1.807) is 12.1 Å². The second-order valence-electron chi connectivity index (χ2n) is 3.57. The lowest BCUT2D eigenvalue weighted by molar-refractivity contribution is 0.417. The largest absolute Gasteiger partial charge is 0.505 e. The topological polar surface area (TPSA) is 72.3 Å². The number of benzene rings is 1. The fourth-order valence-electron chi connectivity index (χ4n) is 1.50. The normalized spacial score (nSPS) is 11.9. The Bertz CT molecular complexity index is 323. The van der Waals surface area contributed by atoms with Crippen LogP contribution in [0.4, 0.5) is 4.39 Å². The zero-order valence-corrected chi connectivity index (χ0v) is 9.84. The van der Waals surface area contributed by atoms with Crippen LogP contribution in [0.15, 0.2) is 18.2 Å². The van der Waals surface area contributed by atoms with Gasteiger partial charge in [-0.25, -0.2) is 4.39 Å². The van der Waals surface area contributed by atoms with Gasteiger partial charge in [0, 0.05) is 11.6 Å². The predicted molar refractivity (Wildman–Crippen MR) is 65.1 cm³/mol. The maximum Gasteiger partial charge on any atom is 0.165 e. The Kier molecular flexibility index (Phi) is 7.05. The zero-order chi connectivity index (χ0) is 11.3. The van der Waals surface area contributed by atoms with Crippen molar-refractivity contribution in [2.45, 2.75) is 25.3 Å². The van der Waals surface area contributed by atoms with Gasteiger partial charge in [0.2, 0.25) is 0 Å². The molecule has 0 saturated carbocycles. The molecule has 0 spiro atoms. The maximum absolute atomic E-state index is 13.0. The molecule has 0 aromatic heterocycles. The molecule has 1 aromatic rings. The standard InChI is InChI=1S/C11H17FN2O.ClH/c12-9-5-3-4-8(11(9)15)10(14)6-1-2-7-13;/h3-5,10,15H,1-2,6-7,13-14H2;1H/t10-;/m0./s1. The number of para-hydroxylation sites is 1. The molecular formula is C11H18ClFN2O. The molecule has 1 aromatic carbocycles. The number of rotatable bonds is 5. The maximum atomic E-state index is 13.0.